The number of aliphatic hydroxyl groups excluding tert-OH is 1. The zero-order valence-electron chi connectivity index (χ0n) is 19.2. The third kappa shape index (κ3) is 8.53. The molecule has 3 aromatic rings. The van der Waals surface area contributed by atoms with Crippen LogP contribution in [0.1, 0.15) is 40.9 Å². The molecule has 35 heavy (non-hydrogen) atoms. The van der Waals surface area contributed by atoms with Crippen LogP contribution in [0.2, 0.25) is 5.02 Å². The summed E-state index contributed by atoms with van der Waals surface area (Å²) in [6.45, 7) is 2.39. The van der Waals surface area contributed by atoms with Crippen LogP contribution >= 0.6 is 11.6 Å². The van der Waals surface area contributed by atoms with Crippen LogP contribution < -0.4 is 23.0 Å². The van der Waals surface area contributed by atoms with Gasteiger partial charge in [-0.2, -0.15) is 0 Å². The van der Waals surface area contributed by atoms with Crippen molar-refractivity contribution in [1.29, 1.82) is 0 Å². The molecule has 1 amide bonds. The number of aromatic hydroxyl groups is 1. The van der Waals surface area contributed by atoms with Crippen LogP contribution in [0.25, 0.3) is 6.08 Å². The van der Waals surface area contributed by atoms with E-state index in [1.807, 2.05) is 30.4 Å². The number of anilines is 1. The maximum Gasteiger partial charge on any atom is 0.248 e. The second kappa shape index (κ2) is 13.7. The summed E-state index contributed by atoms with van der Waals surface area (Å²) in [6, 6.07) is 20.3. The Kier molecular flexibility index (Phi) is 11.0. The van der Waals surface area contributed by atoms with Crippen LogP contribution in [0.3, 0.4) is 0 Å². The summed E-state index contributed by atoms with van der Waals surface area (Å²) in [7, 11) is 0. The zero-order chi connectivity index (χ0) is 24.5. The van der Waals surface area contributed by atoms with Gasteiger partial charge in [-0.15, -0.1) is 0 Å². The second-order valence-corrected chi connectivity index (χ2v) is 8.43. The van der Waals surface area contributed by atoms with Gasteiger partial charge in [0.2, 0.25) is 5.91 Å². The highest BCUT2D eigenvalue weighted by Crippen LogP contribution is 2.19. The number of hydrogen-bond acceptors (Lipinski definition) is 4. The average molecular weight is 515 g/mol. The Bertz CT molecular complexity index is 1170. The van der Waals surface area contributed by atoms with Crippen molar-refractivity contribution in [3.63, 3.8) is 0 Å². The van der Waals surface area contributed by atoms with Gasteiger partial charge < -0.3 is 33.3 Å². The third-order valence-corrected chi connectivity index (χ3v) is 5.76. The molecule has 0 radical (unpaired) electrons. The third-order valence-electron chi connectivity index (χ3n) is 5.41. The van der Waals surface area contributed by atoms with Gasteiger partial charge in [-0.1, -0.05) is 54.1 Å². The number of quaternary nitrogens is 1. The summed E-state index contributed by atoms with van der Waals surface area (Å²) in [5.41, 5.74) is 2.48. The van der Waals surface area contributed by atoms with Crippen molar-refractivity contribution in [3.8, 4) is 5.75 Å². The highest BCUT2D eigenvalue weighted by Gasteiger charge is 2.19. The number of rotatable bonds is 10. The smallest absolute Gasteiger partial charge is 0.248 e. The number of amides is 1. The molecule has 3 rings (SSSR count). The van der Waals surface area contributed by atoms with Crippen molar-refractivity contribution in [2.24, 2.45) is 0 Å². The van der Waals surface area contributed by atoms with E-state index in [1.165, 1.54) is 18.2 Å². The summed E-state index contributed by atoms with van der Waals surface area (Å²) in [4.78, 5) is 24.9. The number of hydrogen-bond donors (Lipinski definition) is 4. The average Bonchev–Trinajstić information content (AvgIpc) is 2.83. The normalized spacial score (nSPS) is 12.5. The van der Waals surface area contributed by atoms with Gasteiger partial charge >= 0.3 is 0 Å². The number of halogens is 2. The minimum atomic E-state index is -0.715. The maximum absolute atomic E-state index is 12.6. The monoisotopic (exact) mass is 514 g/mol. The van der Waals surface area contributed by atoms with E-state index in [9.17, 15) is 19.8 Å². The van der Waals surface area contributed by atoms with E-state index in [0.717, 1.165) is 5.56 Å². The van der Waals surface area contributed by atoms with Crippen LogP contribution in [-0.4, -0.2) is 34.5 Å². The fourth-order valence-corrected chi connectivity index (χ4v) is 3.65. The molecule has 184 valence electrons. The molecule has 0 heterocycles. The molecular weight excluding hydrogens is 487 g/mol. The van der Waals surface area contributed by atoms with Gasteiger partial charge in [-0.05, 0) is 54.5 Å². The van der Waals surface area contributed by atoms with Gasteiger partial charge in [0.05, 0.1) is 13.0 Å². The van der Waals surface area contributed by atoms with Crippen molar-refractivity contribution in [2.75, 3.05) is 11.9 Å². The van der Waals surface area contributed by atoms with Crippen LogP contribution in [0.4, 0.5) is 5.69 Å². The Morgan fingerprint density at radius 1 is 1.06 bits per heavy atom. The highest BCUT2D eigenvalue weighted by molar-refractivity contribution is 6.32. The molecule has 3 aromatic carbocycles. The number of phenols is 1. The molecule has 0 aliphatic heterocycles. The van der Waals surface area contributed by atoms with E-state index in [2.05, 4.69) is 5.32 Å². The fourth-order valence-electron chi connectivity index (χ4n) is 3.46. The molecule has 0 saturated heterocycles. The van der Waals surface area contributed by atoms with Gasteiger partial charge in [-0.25, -0.2) is 0 Å². The first-order valence-electron chi connectivity index (χ1n) is 11.0. The molecule has 0 saturated carbocycles. The van der Waals surface area contributed by atoms with Crippen LogP contribution in [0.15, 0.2) is 78.9 Å². The number of phenolic OH excluding ortho intramolecular Hbond substituents is 1. The Morgan fingerprint density at radius 3 is 2.49 bits per heavy atom. The van der Waals surface area contributed by atoms with Gasteiger partial charge in [-0.3, -0.25) is 9.59 Å². The first kappa shape index (κ1) is 28.1. The predicted molar refractivity (Wildman–Crippen MR) is 134 cm³/mol. The second-order valence-electron chi connectivity index (χ2n) is 8.02. The number of ketones is 1. The number of aliphatic hydroxyl groups is 1. The minimum Gasteiger partial charge on any atom is -1.00 e. The fraction of sp³-hybridized carbons (Fsp3) is 0.185. The molecule has 8 heteroatoms. The highest BCUT2D eigenvalue weighted by atomic mass is 35.5. The quantitative estimate of drug-likeness (QED) is 0.239. The topological polar surface area (TPSA) is 103 Å². The van der Waals surface area contributed by atoms with Crippen molar-refractivity contribution in [3.05, 3.63) is 101 Å². The lowest BCUT2D eigenvalue weighted by Crippen LogP contribution is -3.00. The SMILES string of the molecule is CC([NH2+]CCC(=O)c1cccc(NC(=O)/C=C/c2ccccc2Cl)c1)C(O)c1ccc(O)cc1.[Cl-]. The molecule has 0 aliphatic carbocycles. The molecular formula is C27H28Cl2N2O4. The minimum absolute atomic E-state index is 0. The van der Waals surface area contributed by atoms with E-state index in [-0.39, 0.29) is 42.3 Å². The van der Waals surface area contributed by atoms with E-state index in [4.69, 9.17) is 11.6 Å². The van der Waals surface area contributed by atoms with Gasteiger partial charge in [0.1, 0.15) is 17.9 Å². The summed E-state index contributed by atoms with van der Waals surface area (Å²) in [6.07, 6.45) is 2.60. The Morgan fingerprint density at radius 2 is 1.77 bits per heavy atom. The molecule has 2 unspecified atom stereocenters. The Balaban J connectivity index is 0.00000432. The Hall–Kier alpha value is -3.16. The van der Waals surface area contributed by atoms with Crippen molar-refractivity contribution < 1.29 is 37.5 Å². The van der Waals surface area contributed by atoms with Crippen molar-refractivity contribution >= 4 is 35.1 Å². The standard InChI is InChI=1S/C27H27ClN2O4.ClH/c1-18(27(34)20-9-12-23(31)13-10-20)29-16-15-25(32)21-6-4-7-22(17-21)30-26(33)14-11-19-5-2-3-8-24(19)28;/h2-14,17-18,27,29,31,34H,15-16H2,1H3,(H,30,33);1H/b14-11+;. The molecule has 0 aromatic heterocycles. The number of benzene rings is 3. The lowest BCUT2D eigenvalue weighted by molar-refractivity contribution is -0.693. The van der Waals surface area contributed by atoms with Gasteiger partial charge in [0.15, 0.2) is 5.78 Å². The molecule has 6 nitrogen and oxygen atoms in total. The van der Waals surface area contributed by atoms with E-state index >= 15 is 0 Å². The number of nitrogens with two attached hydrogens (primary N) is 1. The largest absolute Gasteiger partial charge is 1.00 e. The van der Waals surface area contributed by atoms with E-state index < -0.39 is 6.10 Å². The Labute approximate surface area is 216 Å². The van der Waals surface area contributed by atoms with Crippen LogP contribution in [0, 0.1) is 0 Å². The van der Waals surface area contributed by atoms with E-state index in [1.54, 1.807) is 48.5 Å². The molecule has 2 atom stereocenters. The van der Waals surface area contributed by atoms with Crippen molar-refractivity contribution in [2.45, 2.75) is 25.5 Å². The summed E-state index contributed by atoms with van der Waals surface area (Å²) in [5.74, 6) is -0.228. The number of carbonyl (C=O) groups excluding carboxylic acids is 2. The molecule has 0 spiro atoms. The number of carbonyl (C=O) groups is 2. The van der Waals surface area contributed by atoms with Crippen molar-refractivity contribution in [1.82, 2.24) is 0 Å². The lowest BCUT2D eigenvalue weighted by atomic mass is 10.0. The number of Topliss-reactive ketones (excluding diaryl/α,β-unsaturated/α-hetero) is 1. The number of nitrogens with one attached hydrogen (secondary N) is 1. The molecule has 5 N–H and O–H groups in total. The van der Waals surface area contributed by atoms with Gasteiger partial charge in [0.25, 0.3) is 0 Å². The summed E-state index contributed by atoms with van der Waals surface area (Å²) < 4.78 is 0. The summed E-state index contributed by atoms with van der Waals surface area (Å²) in [5, 5.41) is 25.1. The molecule has 0 fully saturated rings. The van der Waals surface area contributed by atoms with Gasteiger partial charge in [0, 0.05) is 22.3 Å². The van der Waals surface area contributed by atoms with Crippen LogP contribution in [0.5, 0.6) is 5.75 Å². The molecule has 0 bridgehead atoms. The lowest BCUT2D eigenvalue weighted by Gasteiger charge is -2.17. The first-order chi connectivity index (χ1) is 16.3. The summed E-state index contributed by atoms with van der Waals surface area (Å²) >= 11 is 6.09. The van der Waals surface area contributed by atoms with Crippen LogP contribution in [-0.2, 0) is 4.79 Å². The molecule has 0 aliphatic rings. The van der Waals surface area contributed by atoms with E-state index in [0.29, 0.717) is 28.4 Å². The zero-order valence-corrected chi connectivity index (χ0v) is 20.7. The predicted octanol–water partition coefficient (Wildman–Crippen LogP) is 0.960. The first-order valence-corrected chi connectivity index (χ1v) is 11.4. The maximum atomic E-state index is 12.6.